The minimum atomic E-state index is -0.216. The van der Waals surface area contributed by atoms with Crippen molar-refractivity contribution in [3.63, 3.8) is 0 Å². The summed E-state index contributed by atoms with van der Waals surface area (Å²) in [4.78, 5) is 47.4. The molecule has 180 valence electrons. The third kappa shape index (κ3) is 5.25. The average molecular weight is 521 g/mol. The highest BCUT2D eigenvalue weighted by Crippen LogP contribution is 2.33. The number of carbonyl (C=O) groups is 3. The minimum Gasteiger partial charge on any atom is -0.302 e. The number of nitrogens with zero attached hydrogens (tertiary/aromatic N) is 4. The van der Waals surface area contributed by atoms with Gasteiger partial charge < -0.3 is 4.90 Å². The van der Waals surface area contributed by atoms with Crippen molar-refractivity contribution in [1.29, 1.82) is 0 Å². The van der Waals surface area contributed by atoms with E-state index in [1.807, 2.05) is 12.1 Å². The monoisotopic (exact) mass is 520 g/mol. The lowest BCUT2D eigenvalue weighted by molar-refractivity contribution is -0.121. The van der Waals surface area contributed by atoms with Crippen LogP contribution in [0.15, 0.2) is 42.5 Å². The van der Waals surface area contributed by atoms with Crippen LogP contribution in [-0.2, 0) is 9.59 Å². The Hall–Kier alpha value is -2.52. The molecule has 1 aliphatic heterocycles. The number of thiazole rings is 1. The summed E-state index contributed by atoms with van der Waals surface area (Å²) in [6, 6.07) is 12.2. The van der Waals surface area contributed by atoms with Crippen LogP contribution in [-0.4, -0.2) is 53.8 Å². The topological polar surface area (TPSA) is 73.8 Å². The Morgan fingerprint density at radius 2 is 1.68 bits per heavy atom. The van der Waals surface area contributed by atoms with Gasteiger partial charge in [0.05, 0.1) is 15.4 Å². The van der Waals surface area contributed by atoms with Gasteiger partial charge in [0, 0.05) is 31.5 Å². The van der Waals surface area contributed by atoms with Gasteiger partial charge in [-0.1, -0.05) is 42.9 Å². The maximum absolute atomic E-state index is 13.6. The van der Waals surface area contributed by atoms with E-state index in [9.17, 15) is 14.4 Å². The summed E-state index contributed by atoms with van der Waals surface area (Å²) >= 11 is 7.75. The zero-order chi connectivity index (χ0) is 23.5. The second-order valence-corrected chi connectivity index (χ2v) is 9.15. The highest BCUT2D eigenvalue weighted by molar-refractivity contribution is 7.22. The normalized spacial score (nSPS) is 13.6. The smallest absolute Gasteiger partial charge is 0.260 e. The van der Waals surface area contributed by atoms with E-state index in [2.05, 4.69) is 23.7 Å². The first-order valence-corrected chi connectivity index (χ1v) is 12.2. The highest BCUT2D eigenvalue weighted by Gasteiger charge is 2.30. The SMILES string of the molecule is CCN(CC)CCN(C(=O)c1ccc(N2C(=O)CCC2=O)cc1)c1nc2c(Cl)cccc2s1.Cl. The van der Waals surface area contributed by atoms with E-state index in [-0.39, 0.29) is 43.0 Å². The van der Waals surface area contributed by atoms with Gasteiger partial charge in [0.25, 0.3) is 5.91 Å². The first kappa shape index (κ1) is 26.1. The first-order valence-electron chi connectivity index (χ1n) is 11.0. The van der Waals surface area contributed by atoms with Crippen LogP contribution in [0.2, 0.25) is 5.02 Å². The summed E-state index contributed by atoms with van der Waals surface area (Å²) in [7, 11) is 0. The van der Waals surface area contributed by atoms with E-state index in [0.29, 0.717) is 40.0 Å². The predicted octanol–water partition coefficient (Wildman–Crippen LogP) is 5.01. The Morgan fingerprint density at radius 3 is 2.26 bits per heavy atom. The summed E-state index contributed by atoms with van der Waals surface area (Å²) in [5.41, 5.74) is 1.63. The molecule has 0 spiro atoms. The lowest BCUT2D eigenvalue weighted by Crippen LogP contribution is -2.39. The molecule has 0 unspecified atom stereocenters. The summed E-state index contributed by atoms with van der Waals surface area (Å²) in [6.45, 7) is 7.13. The number of likely N-dealkylation sites (N-methyl/N-ethyl adjacent to an activating group) is 1. The van der Waals surface area contributed by atoms with Gasteiger partial charge in [-0.15, -0.1) is 12.4 Å². The minimum absolute atomic E-state index is 0. The Kier molecular flexibility index (Phi) is 8.65. The Labute approximate surface area is 213 Å². The van der Waals surface area contributed by atoms with Crippen LogP contribution in [0, 0.1) is 0 Å². The molecule has 7 nitrogen and oxygen atoms in total. The maximum atomic E-state index is 13.6. The second kappa shape index (κ2) is 11.3. The predicted molar refractivity (Wildman–Crippen MR) is 140 cm³/mol. The molecule has 0 atom stereocenters. The van der Waals surface area contributed by atoms with Crippen LogP contribution >= 0.6 is 35.3 Å². The Balaban J connectivity index is 0.00000324. The van der Waals surface area contributed by atoms with Crippen LogP contribution in [0.25, 0.3) is 10.2 Å². The fraction of sp³-hybridized carbons (Fsp3) is 0.333. The number of hydrogen-bond donors (Lipinski definition) is 0. The molecular weight excluding hydrogens is 495 g/mol. The number of anilines is 2. The van der Waals surface area contributed by atoms with E-state index < -0.39 is 0 Å². The van der Waals surface area contributed by atoms with Gasteiger partial charge in [0.1, 0.15) is 5.52 Å². The van der Waals surface area contributed by atoms with Gasteiger partial charge in [0.2, 0.25) is 11.8 Å². The number of benzene rings is 2. The van der Waals surface area contributed by atoms with Crippen LogP contribution < -0.4 is 9.80 Å². The number of halogens is 2. The van der Waals surface area contributed by atoms with E-state index in [4.69, 9.17) is 11.6 Å². The molecule has 0 bridgehead atoms. The average Bonchev–Trinajstić information content (AvgIpc) is 3.40. The van der Waals surface area contributed by atoms with Gasteiger partial charge >= 0.3 is 0 Å². The van der Waals surface area contributed by atoms with E-state index >= 15 is 0 Å². The van der Waals surface area contributed by atoms with Crippen molar-refractivity contribution >= 4 is 74.1 Å². The molecule has 1 aromatic heterocycles. The molecule has 4 rings (SSSR count). The highest BCUT2D eigenvalue weighted by atomic mass is 35.5. The lowest BCUT2D eigenvalue weighted by atomic mass is 10.1. The molecule has 0 radical (unpaired) electrons. The van der Waals surface area contributed by atoms with Gasteiger partial charge in [-0.3, -0.25) is 24.2 Å². The molecule has 10 heteroatoms. The van der Waals surface area contributed by atoms with Gasteiger partial charge in [-0.2, -0.15) is 0 Å². The zero-order valence-corrected chi connectivity index (χ0v) is 21.4. The fourth-order valence-corrected chi connectivity index (χ4v) is 5.15. The molecule has 3 aromatic rings. The van der Waals surface area contributed by atoms with E-state index in [1.54, 1.807) is 35.2 Å². The molecule has 1 saturated heterocycles. The zero-order valence-electron chi connectivity index (χ0n) is 19.0. The number of imide groups is 1. The molecular formula is C24H26Cl2N4O3S. The number of rotatable bonds is 8. The molecule has 0 aliphatic carbocycles. The largest absolute Gasteiger partial charge is 0.302 e. The summed E-state index contributed by atoms with van der Waals surface area (Å²) < 4.78 is 0.916. The van der Waals surface area contributed by atoms with Crippen LogP contribution in [0.5, 0.6) is 0 Å². The van der Waals surface area contributed by atoms with E-state index in [1.165, 1.54) is 16.2 Å². The summed E-state index contributed by atoms with van der Waals surface area (Å²) in [6.07, 6.45) is 0.442. The molecule has 2 heterocycles. The van der Waals surface area contributed by atoms with Gasteiger partial charge in [-0.25, -0.2) is 4.98 Å². The Bertz CT molecular complexity index is 1180. The standard InChI is InChI=1S/C24H25ClN4O3S.ClH/c1-3-27(4-2)14-15-28(24-26-22-18(25)6-5-7-19(22)33-24)23(32)16-8-10-17(11-9-16)29-20(30)12-13-21(29)31;/h5-11H,3-4,12-15H2,1-2H3;1H. The molecule has 34 heavy (non-hydrogen) atoms. The quantitative estimate of drug-likeness (QED) is 0.390. The van der Waals surface area contributed by atoms with Gasteiger partial charge in [0.15, 0.2) is 5.13 Å². The first-order chi connectivity index (χ1) is 15.9. The van der Waals surface area contributed by atoms with Crippen molar-refractivity contribution in [2.24, 2.45) is 0 Å². The number of hydrogen-bond acceptors (Lipinski definition) is 6. The second-order valence-electron chi connectivity index (χ2n) is 7.74. The van der Waals surface area contributed by atoms with Crippen molar-refractivity contribution in [3.8, 4) is 0 Å². The van der Waals surface area contributed by atoms with Crippen molar-refractivity contribution in [1.82, 2.24) is 9.88 Å². The number of amides is 3. The fourth-order valence-electron chi connectivity index (χ4n) is 3.86. The Morgan fingerprint density at radius 1 is 1.03 bits per heavy atom. The summed E-state index contributed by atoms with van der Waals surface area (Å²) in [5, 5.41) is 1.14. The summed E-state index contributed by atoms with van der Waals surface area (Å²) in [5.74, 6) is -0.625. The van der Waals surface area contributed by atoms with Crippen molar-refractivity contribution in [2.45, 2.75) is 26.7 Å². The maximum Gasteiger partial charge on any atom is 0.260 e. The number of para-hydroxylation sites is 1. The molecule has 2 aromatic carbocycles. The third-order valence-corrected chi connectivity index (χ3v) is 7.14. The molecule has 0 N–H and O–H groups in total. The number of carbonyl (C=O) groups excluding carboxylic acids is 3. The van der Waals surface area contributed by atoms with Crippen LogP contribution in [0.3, 0.4) is 0 Å². The van der Waals surface area contributed by atoms with Gasteiger partial charge in [-0.05, 0) is 49.5 Å². The number of fused-ring (bicyclic) bond motifs is 1. The molecule has 0 saturated carbocycles. The van der Waals surface area contributed by atoms with E-state index in [0.717, 1.165) is 17.8 Å². The molecule has 1 fully saturated rings. The third-order valence-electron chi connectivity index (χ3n) is 5.79. The lowest BCUT2D eigenvalue weighted by Gasteiger charge is -2.25. The number of aromatic nitrogens is 1. The molecule has 3 amide bonds. The van der Waals surface area contributed by atoms with Crippen LogP contribution in [0.4, 0.5) is 10.8 Å². The van der Waals surface area contributed by atoms with Crippen LogP contribution in [0.1, 0.15) is 37.0 Å². The molecule has 1 aliphatic rings. The van der Waals surface area contributed by atoms with Crippen molar-refractivity contribution in [2.75, 3.05) is 36.0 Å². The van der Waals surface area contributed by atoms with Crippen molar-refractivity contribution in [3.05, 3.63) is 53.1 Å². The van der Waals surface area contributed by atoms with Crippen molar-refractivity contribution < 1.29 is 14.4 Å².